The third-order valence-corrected chi connectivity index (χ3v) is 5.39. The molecule has 4 rings (SSSR count). The zero-order valence-corrected chi connectivity index (χ0v) is 16.9. The van der Waals surface area contributed by atoms with E-state index < -0.39 is 0 Å². The summed E-state index contributed by atoms with van der Waals surface area (Å²) < 4.78 is 0. The highest BCUT2D eigenvalue weighted by Crippen LogP contribution is 2.23. The Kier molecular flexibility index (Phi) is 5.47. The van der Waals surface area contributed by atoms with Crippen LogP contribution in [0.15, 0.2) is 60.9 Å². The van der Waals surface area contributed by atoms with Crippen molar-refractivity contribution in [2.24, 2.45) is 0 Å². The van der Waals surface area contributed by atoms with E-state index in [1.807, 2.05) is 24.3 Å². The minimum absolute atomic E-state index is 0.171. The van der Waals surface area contributed by atoms with Crippen molar-refractivity contribution in [3.8, 4) is 0 Å². The number of nitrogens with zero attached hydrogens (tertiary/aromatic N) is 2. The Morgan fingerprint density at radius 2 is 1.59 bits per heavy atom. The van der Waals surface area contributed by atoms with Gasteiger partial charge in [-0.3, -0.25) is 9.78 Å². The molecular formula is C24H26N4O. The number of hydrogen-bond donors (Lipinski definition) is 2. The van der Waals surface area contributed by atoms with E-state index in [1.165, 1.54) is 29.7 Å². The van der Waals surface area contributed by atoms with Crippen LogP contribution in [0.5, 0.6) is 0 Å². The van der Waals surface area contributed by atoms with Gasteiger partial charge in [0.2, 0.25) is 0 Å². The molecule has 2 heterocycles. The van der Waals surface area contributed by atoms with Gasteiger partial charge >= 0.3 is 0 Å². The molecule has 0 aliphatic carbocycles. The summed E-state index contributed by atoms with van der Waals surface area (Å²) in [7, 11) is 0. The topological polar surface area (TPSA) is 57.3 Å². The Hall–Kier alpha value is -3.34. The summed E-state index contributed by atoms with van der Waals surface area (Å²) in [5, 5.41) is 6.28. The Morgan fingerprint density at radius 3 is 2.31 bits per heavy atom. The third-order valence-electron chi connectivity index (χ3n) is 5.39. The van der Waals surface area contributed by atoms with Crippen molar-refractivity contribution in [2.45, 2.75) is 26.7 Å². The number of aromatic nitrogens is 1. The highest BCUT2D eigenvalue weighted by molar-refractivity contribution is 6.04. The molecular weight excluding hydrogens is 360 g/mol. The number of nitrogens with one attached hydrogen (secondary N) is 2. The van der Waals surface area contributed by atoms with E-state index in [0.29, 0.717) is 5.56 Å². The lowest BCUT2D eigenvalue weighted by molar-refractivity contribution is 0.102. The normalized spacial score (nSPS) is 13.4. The predicted octanol–water partition coefficient (Wildman–Crippen LogP) is 5.29. The Balaban J connectivity index is 1.43. The smallest absolute Gasteiger partial charge is 0.257 e. The summed E-state index contributed by atoms with van der Waals surface area (Å²) in [6.45, 7) is 6.39. The lowest BCUT2D eigenvalue weighted by Crippen LogP contribution is -2.17. The number of rotatable bonds is 5. The van der Waals surface area contributed by atoms with Crippen LogP contribution in [0, 0.1) is 13.8 Å². The second-order valence-corrected chi connectivity index (χ2v) is 7.58. The van der Waals surface area contributed by atoms with Crippen LogP contribution in [0.1, 0.15) is 34.3 Å². The average Bonchev–Trinajstić information content (AvgIpc) is 3.26. The van der Waals surface area contributed by atoms with Crippen molar-refractivity contribution in [2.75, 3.05) is 28.6 Å². The highest BCUT2D eigenvalue weighted by Gasteiger charge is 2.13. The van der Waals surface area contributed by atoms with Crippen molar-refractivity contribution in [3.05, 3.63) is 77.6 Å². The molecule has 0 spiro atoms. The highest BCUT2D eigenvalue weighted by atomic mass is 16.1. The monoisotopic (exact) mass is 386 g/mol. The van der Waals surface area contributed by atoms with Gasteiger partial charge in [0.25, 0.3) is 5.91 Å². The molecule has 5 heteroatoms. The fraction of sp³-hybridized carbons (Fsp3) is 0.250. The molecule has 29 heavy (non-hydrogen) atoms. The van der Waals surface area contributed by atoms with Crippen molar-refractivity contribution in [1.82, 2.24) is 4.98 Å². The molecule has 1 saturated heterocycles. The zero-order chi connectivity index (χ0) is 20.2. The molecule has 0 radical (unpaired) electrons. The summed E-state index contributed by atoms with van der Waals surface area (Å²) in [5.74, 6) is -0.171. The van der Waals surface area contributed by atoms with Crippen LogP contribution >= 0.6 is 0 Å². The van der Waals surface area contributed by atoms with E-state index in [2.05, 4.69) is 58.6 Å². The summed E-state index contributed by atoms with van der Waals surface area (Å²) >= 11 is 0. The van der Waals surface area contributed by atoms with Gasteiger partial charge in [-0.15, -0.1) is 0 Å². The van der Waals surface area contributed by atoms with Crippen LogP contribution in [-0.2, 0) is 0 Å². The van der Waals surface area contributed by atoms with E-state index in [-0.39, 0.29) is 5.91 Å². The molecule has 3 aromatic rings. The summed E-state index contributed by atoms with van der Waals surface area (Å²) in [6, 6.07) is 16.0. The number of aryl methyl sites for hydroxylation is 2. The molecule has 148 valence electrons. The van der Waals surface area contributed by atoms with Crippen molar-refractivity contribution in [3.63, 3.8) is 0 Å². The van der Waals surface area contributed by atoms with Gasteiger partial charge < -0.3 is 15.5 Å². The molecule has 2 aromatic carbocycles. The standard InChI is InChI=1S/C24H26N4O/c1-17-5-6-21(13-18(17)2)26-22-14-19(15-25-16-22)24(29)27-20-7-9-23(10-8-20)28-11-3-4-12-28/h5-10,13-16,26H,3-4,11-12H2,1-2H3,(H,27,29). The molecule has 0 saturated carbocycles. The second kappa shape index (κ2) is 8.35. The van der Waals surface area contributed by atoms with Gasteiger partial charge in [0.15, 0.2) is 0 Å². The Labute approximate surface area is 171 Å². The van der Waals surface area contributed by atoms with Gasteiger partial charge in [0.05, 0.1) is 17.4 Å². The lowest BCUT2D eigenvalue weighted by Gasteiger charge is -2.17. The molecule has 5 nitrogen and oxygen atoms in total. The van der Waals surface area contributed by atoms with E-state index in [0.717, 1.165) is 30.2 Å². The third kappa shape index (κ3) is 4.57. The van der Waals surface area contributed by atoms with Crippen LogP contribution < -0.4 is 15.5 Å². The molecule has 1 aliphatic rings. The van der Waals surface area contributed by atoms with E-state index >= 15 is 0 Å². The SMILES string of the molecule is Cc1ccc(Nc2cncc(C(=O)Nc3ccc(N4CCCC4)cc3)c2)cc1C. The maximum Gasteiger partial charge on any atom is 0.257 e. The minimum atomic E-state index is -0.171. The molecule has 1 amide bonds. The molecule has 0 atom stereocenters. The second-order valence-electron chi connectivity index (χ2n) is 7.58. The molecule has 1 aromatic heterocycles. The maximum absolute atomic E-state index is 12.7. The van der Waals surface area contributed by atoms with E-state index in [4.69, 9.17) is 0 Å². The first-order chi connectivity index (χ1) is 14.1. The van der Waals surface area contributed by atoms with Crippen molar-refractivity contribution >= 4 is 28.7 Å². The molecule has 2 N–H and O–H groups in total. The number of anilines is 4. The zero-order valence-electron chi connectivity index (χ0n) is 16.9. The fourth-order valence-electron chi connectivity index (χ4n) is 3.55. The van der Waals surface area contributed by atoms with Crippen LogP contribution in [0.3, 0.4) is 0 Å². The van der Waals surface area contributed by atoms with Gasteiger partial charge in [0, 0.05) is 36.3 Å². The first-order valence-electron chi connectivity index (χ1n) is 10.0. The molecule has 1 aliphatic heterocycles. The van der Waals surface area contributed by atoms with Gasteiger partial charge in [-0.05, 0) is 80.3 Å². The number of hydrogen-bond acceptors (Lipinski definition) is 4. The van der Waals surface area contributed by atoms with Crippen LogP contribution in [-0.4, -0.2) is 24.0 Å². The number of benzene rings is 2. The first-order valence-corrected chi connectivity index (χ1v) is 10.0. The number of amides is 1. The van der Waals surface area contributed by atoms with Gasteiger partial charge in [-0.25, -0.2) is 0 Å². The van der Waals surface area contributed by atoms with Crippen LogP contribution in [0.4, 0.5) is 22.7 Å². The van der Waals surface area contributed by atoms with Crippen LogP contribution in [0.2, 0.25) is 0 Å². The van der Waals surface area contributed by atoms with Crippen molar-refractivity contribution < 1.29 is 4.79 Å². The minimum Gasteiger partial charge on any atom is -0.372 e. The summed E-state index contributed by atoms with van der Waals surface area (Å²) in [4.78, 5) is 19.3. The summed E-state index contributed by atoms with van der Waals surface area (Å²) in [5.41, 5.74) is 6.73. The maximum atomic E-state index is 12.7. The average molecular weight is 386 g/mol. The van der Waals surface area contributed by atoms with E-state index in [1.54, 1.807) is 12.4 Å². The first kappa shape index (κ1) is 19.0. The predicted molar refractivity (Wildman–Crippen MR) is 119 cm³/mol. The number of carbonyl (C=O) groups excluding carboxylic acids is 1. The quantitative estimate of drug-likeness (QED) is 0.625. The van der Waals surface area contributed by atoms with E-state index in [9.17, 15) is 4.79 Å². The number of pyridine rings is 1. The van der Waals surface area contributed by atoms with Crippen molar-refractivity contribution in [1.29, 1.82) is 0 Å². The molecule has 1 fully saturated rings. The largest absolute Gasteiger partial charge is 0.372 e. The number of carbonyl (C=O) groups is 1. The van der Waals surface area contributed by atoms with Gasteiger partial charge in [-0.2, -0.15) is 0 Å². The van der Waals surface area contributed by atoms with Gasteiger partial charge in [-0.1, -0.05) is 6.07 Å². The van der Waals surface area contributed by atoms with Gasteiger partial charge in [0.1, 0.15) is 0 Å². The summed E-state index contributed by atoms with van der Waals surface area (Å²) in [6.07, 6.45) is 5.80. The Bertz CT molecular complexity index is 1010. The lowest BCUT2D eigenvalue weighted by atomic mass is 10.1. The van der Waals surface area contributed by atoms with Crippen LogP contribution in [0.25, 0.3) is 0 Å². The fourth-order valence-corrected chi connectivity index (χ4v) is 3.55. The Morgan fingerprint density at radius 1 is 0.862 bits per heavy atom. The molecule has 0 bridgehead atoms. The molecule has 0 unspecified atom stereocenters.